The van der Waals surface area contributed by atoms with E-state index in [-0.39, 0.29) is 12.1 Å². The summed E-state index contributed by atoms with van der Waals surface area (Å²) >= 11 is 0. The highest BCUT2D eigenvalue weighted by Crippen LogP contribution is 2.20. The molecule has 0 bridgehead atoms. The second-order valence-electron chi connectivity index (χ2n) is 7.10. The summed E-state index contributed by atoms with van der Waals surface area (Å²) in [6.45, 7) is 11.6. The van der Waals surface area contributed by atoms with Crippen molar-refractivity contribution in [2.45, 2.75) is 50.2 Å². The quantitative estimate of drug-likeness (QED) is 0.451. The van der Waals surface area contributed by atoms with Crippen molar-refractivity contribution >= 4 is 0 Å². The van der Waals surface area contributed by atoms with Crippen molar-refractivity contribution in [3.05, 3.63) is 97.1 Å². The lowest BCUT2D eigenvalue weighted by Gasteiger charge is -2.37. The van der Waals surface area contributed by atoms with Gasteiger partial charge >= 0.3 is 0 Å². The molecule has 0 spiro atoms. The zero-order chi connectivity index (χ0) is 20.5. The van der Waals surface area contributed by atoms with Gasteiger partial charge in [0.2, 0.25) is 0 Å². The number of aliphatic hydroxyl groups excluding tert-OH is 2. The largest absolute Gasteiger partial charge is 0.387 e. The van der Waals surface area contributed by atoms with Gasteiger partial charge in [0, 0.05) is 12.1 Å². The lowest BCUT2D eigenvalue weighted by atomic mass is 9.93. The SMILES string of the molecule is C=C[C@@H](O)[C@@H](N[C@@H](C)c1ccccc1)[C@H](N[C@@H](C)c1ccccc1)[C@@H](O)C=C. The molecule has 0 unspecified atom stereocenters. The Bertz CT molecular complexity index is 656. The van der Waals surface area contributed by atoms with E-state index in [1.165, 1.54) is 12.2 Å². The van der Waals surface area contributed by atoms with Crippen LogP contribution >= 0.6 is 0 Å². The monoisotopic (exact) mass is 380 g/mol. The minimum Gasteiger partial charge on any atom is -0.387 e. The molecule has 2 aromatic carbocycles. The van der Waals surface area contributed by atoms with Gasteiger partial charge in [0.05, 0.1) is 24.3 Å². The van der Waals surface area contributed by atoms with Crippen molar-refractivity contribution in [3.8, 4) is 0 Å². The fraction of sp³-hybridized carbons (Fsp3) is 0.333. The first-order valence-corrected chi connectivity index (χ1v) is 9.71. The van der Waals surface area contributed by atoms with Crippen LogP contribution in [0.4, 0.5) is 0 Å². The molecule has 0 aromatic heterocycles. The maximum atomic E-state index is 10.6. The second-order valence-corrected chi connectivity index (χ2v) is 7.10. The van der Waals surface area contributed by atoms with Crippen molar-refractivity contribution < 1.29 is 10.2 Å². The highest BCUT2D eigenvalue weighted by molar-refractivity contribution is 5.21. The Morgan fingerprint density at radius 3 is 1.29 bits per heavy atom. The van der Waals surface area contributed by atoms with Gasteiger partial charge in [-0.05, 0) is 25.0 Å². The summed E-state index contributed by atoms with van der Waals surface area (Å²) in [6.07, 6.45) is 1.29. The Morgan fingerprint density at radius 1 is 0.679 bits per heavy atom. The minimum absolute atomic E-state index is 0.0193. The summed E-state index contributed by atoms with van der Waals surface area (Å²) in [7, 11) is 0. The summed E-state index contributed by atoms with van der Waals surface area (Å²) in [5.74, 6) is 0. The Labute approximate surface area is 168 Å². The van der Waals surface area contributed by atoms with E-state index in [0.717, 1.165) is 11.1 Å². The topological polar surface area (TPSA) is 64.5 Å². The molecule has 0 heterocycles. The maximum Gasteiger partial charge on any atom is 0.0887 e. The molecule has 0 fully saturated rings. The summed E-state index contributed by atoms with van der Waals surface area (Å²) < 4.78 is 0. The number of aliphatic hydroxyl groups is 2. The zero-order valence-electron chi connectivity index (χ0n) is 16.7. The van der Waals surface area contributed by atoms with Crippen LogP contribution in [0.2, 0.25) is 0 Å². The average molecular weight is 381 g/mol. The molecule has 6 atom stereocenters. The first kappa shape index (κ1) is 22.1. The van der Waals surface area contributed by atoms with E-state index in [4.69, 9.17) is 0 Å². The lowest BCUT2D eigenvalue weighted by molar-refractivity contribution is 0.0801. The van der Waals surface area contributed by atoms with Gasteiger partial charge in [-0.2, -0.15) is 0 Å². The van der Waals surface area contributed by atoms with Crippen molar-refractivity contribution in [1.29, 1.82) is 0 Å². The minimum atomic E-state index is -0.846. The molecule has 4 nitrogen and oxygen atoms in total. The number of hydrogen-bond donors (Lipinski definition) is 4. The second kappa shape index (κ2) is 10.9. The number of hydrogen-bond acceptors (Lipinski definition) is 4. The van der Waals surface area contributed by atoms with Crippen LogP contribution < -0.4 is 10.6 Å². The molecule has 0 aliphatic carbocycles. The van der Waals surface area contributed by atoms with E-state index >= 15 is 0 Å². The van der Waals surface area contributed by atoms with Gasteiger partial charge < -0.3 is 20.8 Å². The average Bonchev–Trinajstić information content (AvgIpc) is 2.75. The van der Waals surface area contributed by atoms with Crippen LogP contribution in [0.1, 0.15) is 37.1 Å². The highest BCUT2D eigenvalue weighted by Gasteiger charge is 2.33. The third-order valence-electron chi connectivity index (χ3n) is 5.09. The van der Waals surface area contributed by atoms with Gasteiger partial charge in [0.25, 0.3) is 0 Å². The standard InChI is InChI=1S/C24H32N2O2/c1-5-21(27)23(25-17(3)19-13-9-7-10-14-19)24(22(28)6-2)26-18(4)20-15-11-8-12-16-20/h5-18,21-28H,1-2H2,3-4H3/t17-,18-,21-,22+,23+,24+/m0/s1. The fourth-order valence-electron chi connectivity index (χ4n) is 3.38. The van der Waals surface area contributed by atoms with Gasteiger partial charge in [0.15, 0.2) is 0 Å². The Morgan fingerprint density at radius 2 is 1.00 bits per heavy atom. The van der Waals surface area contributed by atoms with Gasteiger partial charge in [-0.3, -0.25) is 0 Å². The predicted molar refractivity (Wildman–Crippen MR) is 116 cm³/mol. The van der Waals surface area contributed by atoms with Crippen LogP contribution in [0, 0.1) is 0 Å². The molecule has 28 heavy (non-hydrogen) atoms. The Hall–Kier alpha value is -2.24. The summed E-state index contributed by atoms with van der Waals surface area (Å²) in [4.78, 5) is 0. The van der Waals surface area contributed by atoms with Crippen LogP contribution in [-0.2, 0) is 0 Å². The molecule has 0 aliphatic rings. The summed E-state index contributed by atoms with van der Waals surface area (Å²) in [5, 5.41) is 28.2. The van der Waals surface area contributed by atoms with E-state index in [1.54, 1.807) is 0 Å². The van der Waals surface area contributed by atoms with Crippen LogP contribution in [0.15, 0.2) is 86.0 Å². The molecule has 0 radical (unpaired) electrons. The van der Waals surface area contributed by atoms with Crippen molar-refractivity contribution in [3.63, 3.8) is 0 Å². The van der Waals surface area contributed by atoms with Crippen LogP contribution in [0.3, 0.4) is 0 Å². The molecule has 0 saturated heterocycles. The Kier molecular flexibility index (Phi) is 8.61. The Balaban J connectivity index is 2.26. The number of nitrogens with one attached hydrogen (secondary N) is 2. The van der Waals surface area contributed by atoms with E-state index in [2.05, 4.69) is 23.8 Å². The molecule has 0 saturated carbocycles. The molecular weight excluding hydrogens is 348 g/mol. The third kappa shape index (κ3) is 5.88. The molecule has 4 N–H and O–H groups in total. The first-order valence-electron chi connectivity index (χ1n) is 9.71. The van der Waals surface area contributed by atoms with E-state index in [1.807, 2.05) is 74.5 Å². The van der Waals surface area contributed by atoms with Gasteiger partial charge in [-0.15, -0.1) is 13.2 Å². The molecule has 2 rings (SSSR count). The maximum absolute atomic E-state index is 10.6. The van der Waals surface area contributed by atoms with Crippen molar-refractivity contribution in [1.82, 2.24) is 10.6 Å². The van der Waals surface area contributed by atoms with E-state index in [0.29, 0.717) is 0 Å². The lowest BCUT2D eigenvalue weighted by Crippen LogP contribution is -2.59. The van der Waals surface area contributed by atoms with Gasteiger partial charge in [-0.25, -0.2) is 0 Å². The number of benzene rings is 2. The molecule has 0 amide bonds. The van der Waals surface area contributed by atoms with Crippen LogP contribution in [0.5, 0.6) is 0 Å². The molecule has 4 heteroatoms. The molecular formula is C24H32N2O2. The summed E-state index contributed by atoms with van der Waals surface area (Å²) in [5.41, 5.74) is 2.21. The van der Waals surface area contributed by atoms with Gasteiger partial charge in [-0.1, -0.05) is 72.8 Å². The normalized spacial score (nSPS) is 17.7. The molecule has 2 aromatic rings. The fourth-order valence-corrected chi connectivity index (χ4v) is 3.38. The highest BCUT2D eigenvalue weighted by atomic mass is 16.3. The summed E-state index contributed by atoms with van der Waals surface area (Å²) in [6, 6.07) is 19.1. The molecule has 150 valence electrons. The number of rotatable bonds is 11. The van der Waals surface area contributed by atoms with Gasteiger partial charge in [0.1, 0.15) is 0 Å². The predicted octanol–water partition coefficient (Wildman–Crippen LogP) is 3.52. The van der Waals surface area contributed by atoms with Crippen LogP contribution in [0.25, 0.3) is 0 Å². The van der Waals surface area contributed by atoms with E-state index in [9.17, 15) is 10.2 Å². The third-order valence-corrected chi connectivity index (χ3v) is 5.09. The molecule has 0 aliphatic heterocycles. The first-order chi connectivity index (χ1) is 13.5. The van der Waals surface area contributed by atoms with Crippen molar-refractivity contribution in [2.75, 3.05) is 0 Å². The van der Waals surface area contributed by atoms with E-state index < -0.39 is 24.3 Å². The smallest absolute Gasteiger partial charge is 0.0887 e. The van der Waals surface area contributed by atoms with Crippen molar-refractivity contribution in [2.24, 2.45) is 0 Å². The van der Waals surface area contributed by atoms with Crippen LogP contribution in [-0.4, -0.2) is 34.5 Å². The zero-order valence-corrected chi connectivity index (χ0v) is 16.7.